The summed E-state index contributed by atoms with van der Waals surface area (Å²) in [5.74, 6) is -0.825. The van der Waals surface area contributed by atoms with Crippen molar-refractivity contribution in [2.45, 2.75) is 13.5 Å². The van der Waals surface area contributed by atoms with Gasteiger partial charge in [-0.1, -0.05) is 29.8 Å². The highest BCUT2D eigenvalue weighted by molar-refractivity contribution is 7.17. The first-order valence-corrected chi connectivity index (χ1v) is 10.4. The molecule has 0 aliphatic rings. The van der Waals surface area contributed by atoms with E-state index in [0.29, 0.717) is 21.5 Å². The molecule has 1 N–H and O–H groups in total. The second-order valence-corrected chi connectivity index (χ2v) is 7.87. The van der Waals surface area contributed by atoms with Gasteiger partial charge in [0, 0.05) is 16.6 Å². The highest BCUT2D eigenvalue weighted by Gasteiger charge is 2.14. The number of amides is 1. The normalized spacial score (nSPS) is 10.8. The average molecular weight is 433 g/mol. The molecule has 2 aromatic heterocycles. The maximum atomic E-state index is 12.9. The zero-order valence-corrected chi connectivity index (χ0v) is 17.7. The lowest BCUT2D eigenvalue weighted by atomic mass is 10.1. The smallest absolute Gasteiger partial charge is 0.337 e. The van der Waals surface area contributed by atoms with Crippen LogP contribution < -0.4 is 10.9 Å². The monoisotopic (exact) mass is 433 g/mol. The van der Waals surface area contributed by atoms with Gasteiger partial charge in [0.1, 0.15) is 11.2 Å². The highest BCUT2D eigenvalue weighted by Crippen LogP contribution is 2.30. The Morgan fingerprint density at radius 3 is 2.48 bits per heavy atom. The zero-order chi connectivity index (χ0) is 22.0. The van der Waals surface area contributed by atoms with Crippen LogP contribution in [0.15, 0.2) is 65.0 Å². The molecule has 1 amide bonds. The summed E-state index contributed by atoms with van der Waals surface area (Å²) in [7, 11) is 1.30. The van der Waals surface area contributed by atoms with Gasteiger partial charge in [-0.3, -0.25) is 14.2 Å². The van der Waals surface area contributed by atoms with Gasteiger partial charge in [0.15, 0.2) is 0 Å². The third-order valence-corrected chi connectivity index (χ3v) is 5.77. The summed E-state index contributed by atoms with van der Waals surface area (Å²) >= 11 is 1.32. The quantitative estimate of drug-likeness (QED) is 0.483. The molecule has 0 bridgehead atoms. The highest BCUT2D eigenvalue weighted by atomic mass is 32.1. The minimum Gasteiger partial charge on any atom is -0.465 e. The summed E-state index contributed by atoms with van der Waals surface area (Å²) in [5, 5.41) is 4.62. The van der Waals surface area contributed by atoms with E-state index in [1.807, 2.05) is 36.6 Å². The van der Waals surface area contributed by atoms with Gasteiger partial charge < -0.3 is 10.1 Å². The maximum absolute atomic E-state index is 12.9. The van der Waals surface area contributed by atoms with Crippen LogP contribution in [0.1, 0.15) is 15.9 Å². The summed E-state index contributed by atoms with van der Waals surface area (Å²) in [6.07, 6.45) is 1.40. The number of aromatic nitrogens is 2. The van der Waals surface area contributed by atoms with E-state index >= 15 is 0 Å². The number of benzene rings is 2. The minimum atomic E-state index is -0.454. The summed E-state index contributed by atoms with van der Waals surface area (Å²) < 4.78 is 6.44. The zero-order valence-electron chi connectivity index (χ0n) is 16.9. The molecule has 0 saturated carbocycles. The molecule has 0 fully saturated rings. The Balaban J connectivity index is 1.53. The number of hydrogen-bond donors (Lipinski definition) is 1. The van der Waals surface area contributed by atoms with Gasteiger partial charge in [-0.25, -0.2) is 9.78 Å². The molecule has 0 unspecified atom stereocenters. The van der Waals surface area contributed by atoms with Gasteiger partial charge in [0.2, 0.25) is 5.91 Å². The number of nitrogens with zero attached hydrogens (tertiary/aromatic N) is 2. The molecule has 0 aliphatic heterocycles. The fraction of sp³-hybridized carbons (Fsp3) is 0.130. The number of anilines is 1. The van der Waals surface area contributed by atoms with E-state index in [2.05, 4.69) is 15.0 Å². The van der Waals surface area contributed by atoms with Crippen LogP contribution in [0.4, 0.5) is 5.69 Å². The third kappa shape index (κ3) is 4.24. The molecular formula is C23H19N3O4S. The molecule has 0 atom stereocenters. The molecule has 2 heterocycles. The Bertz CT molecular complexity index is 1320. The summed E-state index contributed by atoms with van der Waals surface area (Å²) in [4.78, 5) is 41.2. The Labute approximate surface area is 181 Å². The molecule has 0 saturated heterocycles. The first-order valence-electron chi connectivity index (χ1n) is 9.48. The van der Waals surface area contributed by atoms with Crippen molar-refractivity contribution in [3.05, 3.63) is 81.7 Å². The molecule has 4 rings (SSSR count). The number of hydrogen-bond acceptors (Lipinski definition) is 6. The SMILES string of the molecule is COC(=O)c1ccc(NC(=O)Cn2cnc3c(-c4ccc(C)cc4)csc3c2=O)cc1. The molecule has 0 aliphatic carbocycles. The largest absolute Gasteiger partial charge is 0.465 e. The molecule has 7 nitrogen and oxygen atoms in total. The van der Waals surface area contributed by atoms with Crippen LogP contribution in [0.5, 0.6) is 0 Å². The fourth-order valence-corrected chi connectivity index (χ4v) is 4.13. The van der Waals surface area contributed by atoms with Gasteiger partial charge >= 0.3 is 5.97 Å². The lowest BCUT2D eigenvalue weighted by Crippen LogP contribution is -2.27. The maximum Gasteiger partial charge on any atom is 0.337 e. The van der Waals surface area contributed by atoms with Crippen molar-refractivity contribution in [3.8, 4) is 11.1 Å². The molecule has 8 heteroatoms. The van der Waals surface area contributed by atoms with Gasteiger partial charge in [-0.05, 0) is 36.8 Å². The van der Waals surface area contributed by atoms with E-state index in [1.165, 1.54) is 29.3 Å². The topological polar surface area (TPSA) is 90.3 Å². The number of carbonyl (C=O) groups is 2. The molecule has 0 radical (unpaired) electrons. The van der Waals surface area contributed by atoms with Crippen LogP contribution in [0.3, 0.4) is 0 Å². The van der Waals surface area contributed by atoms with Crippen LogP contribution in [0, 0.1) is 6.92 Å². The Kier molecular flexibility index (Phi) is 5.64. The number of esters is 1. The average Bonchev–Trinajstić information content (AvgIpc) is 3.21. The minimum absolute atomic E-state index is 0.168. The van der Waals surface area contributed by atoms with Gasteiger partial charge in [-0.15, -0.1) is 11.3 Å². The number of nitrogens with one attached hydrogen (secondary N) is 1. The second kappa shape index (κ2) is 8.53. The third-order valence-electron chi connectivity index (χ3n) is 4.81. The van der Waals surface area contributed by atoms with E-state index in [9.17, 15) is 14.4 Å². The van der Waals surface area contributed by atoms with Crippen molar-refractivity contribution in [2.24, 2.45) is 0 Å². The fourth-order valence-electron chi connectivity index (χ4n) is 3.16. The van der Waals surface area contributed by atoms with Crippen LogP contribution in [-0.4, -0.2) is 28.5 Å². The first-order chi connectivity index (χ1) is 15.0. The second-order valence-electron chi connectivity index (χ2n) is 6.99. The predicted molar refractivity (Wildman–Crippen MR) is 120 cm³/mol. The number of aryl methyl sites for hydroxylation is 1. The Hall–Kier alpha value is -3.78. The van der Waals surface area contributed by atoms with E-state index < -0.39 is 5.97 Å². The van der Waals surface area contributed by atoms with Crippen LogP contribution in [0.2, 0.25) is 0 Å². The lowest BCUT2D eigenvalue weighted by Gasteiger charge is -2.08. The molecule has 156 valence electrons. The van der Waals surface area contributed by atoms with Crippen LogP contribution >= 0.6 is 11.3 Å². The number of methoxy groups -OCH3 is 1. The van der Waals surface area contributed by atoms with Crippen molar-refractivity contribution >= 4 is 39.1 Å². The van der Waals surface area contributed by atoms with Crippen molar-refractivity contribution in [1.82, 2.24) is 9.55 Å². The van der Waals surface area contributed by atoms with Crippen molar-refractivity contribution in [1.29, 1.82) is 0 Å². The van der Waals surface area contributed by atoms with Crippen LogP contribution in [0.25, 0.3) is 21.3 Å². The number of ether oxygens (including phenoxy) is 1. The summed E-state index contributed by atoms with van der Waals surface area (Å²) in [6.45, 7) is 1.85. The van der Waals surface area contributed by atoms with Gasteiger partial charge in [0.25, 0.3) is 5.56 Å². The molecule has 31 heavy (non-hydrogen) atoms. The Morgan fingerprint density at radius 1 is 1.10 bits per heavy atom. The Morgan fingerprint density at radius 2 is 1.81 bits per heavy atom. The molecule has 0 spiro atoms. The number of rotatable bonds is 5. The predicted octanol–water partition coefficient (Wildman–Crippen LogP) is 3.86. The van der Waals surface area contributed by atoms with Crippen LogP contribution in [-0.2, 0) is 16.1 Å². The van der Waals surface area contributed by atoms with Crippen molar-refractivity contribution < 1.29 is 14.3 Å². The van der Waals surface area contributed by atoms with E-state index in [0.717, 1.165) is 16.7 Å². The molecular weight excluding hydrogens is 414 g/mol. The van der Waals surface area contributed by atoms with Crippen molar-refractivity contribution in [3.63, 3.8) is 0 Å². The van der Waals surface area contributed by atoms with E-state index in [-0.39, 0.29) is 18.0 Å². The molecule has 4 aromatic rings. The number of fused-ring (bicyclic) bond motifs is 1. The van der Waals surface area contributed by atoms with E-state index in [1.54, 1.807) is 24.3 Å². The molecule has 2 aromatic carbocycles. The standard InChI is InChI=1S/C23H19N3O4S/c1-14-3-5-15(6-4-14)18-12-31-21-20(18)24-13-26(22(21)28)11-19(27)25-17-9-7-16(8-10-17)23(29)30-2/h3-10,12-13H,11H2,1-2H3,(H,25,27). The summed E-state index contributed by atoms with van der Waals surface area (Å²) in [5.41, 5.74) is 4.32. The summed E-state index contributed by atoms with van der Waals surface area (Å²) in [6, 6.07) is 14.3. The van der Waals surface area contributed by atoms with Crippen molar-refractivity contribution in [2.75, 3.05) is 12.4 Å². The number of thiophene rings is 1. The first kappa shape index (κ1) is 20.5. The van der Waals surface area contributed by atoms with E-state index in [4.69, 9.17) is 0 Å². The van der Waals surface area contributed by atoms with Gasteiger partial charge in [-0.2, -0.15) is 0 Å². The number of carbonyl (C=O) groups excluding carboxylic acids is 2. The van der Waals surface area contributed by atoms with Gasteiger partial charge in [0.05, 0.1) is 24.5 Å². The lowest BCUT2D eigenvalue weighted by molar-refractivity contribution is -0.116.